The van der Waals surface area contributed by atoms with Gasteiger partial charge in [-0.1, -0.05) is 6.92 Å². The van der Waals surface area contributed by atoms with Crippen molar-refractivity contribution in [3.63, 3.8) is 0 Å². The Hall–Kier alpha value is -0.130. The molecule has 1 unspecified atom stereocenters. The molecule has 5 heteroatoms. The van der Waals surface area contributed by atoms with Crippen molar-refractivity contribution in [1.82, 2.24) is 4.31 Å². The van der Waals surface area contributed by atoms with Gasteiger partial charge < -0.3 is 5.73 Å². The standard InChI is InChI=1S/C9H22N2O2S/c1-6-9(3,4)11(5)14(12,13)8(2)7-10/h8H,6-7,10H2,1-5H3. The number of sulfonamides is 1. The average Bonchev–Trinajstić information content (AvgIpc) is 2.15. The first kappa shape index (κ1) is 13.9. The van der Waals surface area contributed by atoms with Gasteiger partial charge in [0.15, 0.2) is 0 Å². The van der Waals surface area contributed by atoms with E-state index in [1.54, 1.807) is 14.0 Å². The van der Waals surface area contributed by atoms with Gasteiger partial charge in [0.25, 0.3) is 0 Å². The molecule has 0 radical (unpaired) electrons. The van der Waals surface area contributed by atoms with E-state index in [4.69, 9.17) is 5.73 Å². The number of nitrogens with zero attached hydrogens (tertiary/aromatic N) is 1. The molecule has 0 saturated heterocycles. The number of rotatable bonds is 5. The van der Waals surface area contributed by atoms with Crippen molar-refractivity contribution in [3.8, 4) is 0 Å². The van der Waals surface area contributed by atoms with Gasteiger partial charge in [-0.15, -0.1) is 0 Å². The maximum Gasteiger partial charge on any atom is 0.218 e. The van der Waals surface area contributed by atoms with Crippen LogP contribution in [0.2, 0.25) is 0 Å². The maximum atomic E-state index is 11.9. The minimum absolute atomic E-state index is 0.159. The molecule has 0 aliphatic carbocycles. The predicted molar refractivity (Wildman–Crippen MR) is 59.6 cm³/mol. The van der Waals surface area contributed by atoms with Gasteiger partial charge in [-0.3, -0.25) is 0 Å². The Bertz CT molecular complexity index is 273. The second kappa shape index (κ2) is 4.59. The molecule has 0 aromatic rings. The van der Waals surface area contributed by atoms with Crippen LogP contribution < -0.4 is 5.73 Å². The van der Waals surface area contributed by atoms with Crippen molar-refractivity contribution in [3.05, 3.63) is 0 Å². The van der Waals surface area contributed by atoms with Gasteiger partial charge in [-0.2, -0.15) is 4.31 Å². The fourth-order valence-corrected chi connectivity index (χ4v) is 2.56. The highest BCUT2D eigenvalue weighted by atomic mass is 32.2. The van der Waals surface area contributed by atoms with Gasteiger partial charge in [-0.05, 0) is 27.2 Å². The molecule has 0 aliphatic heterocycles. The van der Waals surface area contributed by atoms with E-state index in [1.807, 2.05) is 20.8 Å². The highest BCUT2D eigenvalue weighted by Crippen LogP contribution is 2.22. The molecule has 0 amide bonds. The molecule has 0 fully saturated rings. The lowest BCUT2D eigenvalue weighted by molar-refractivity contribution is 0.255. The molecular formula is C9H22N2O2S. The topological polar surface area (TPSA) is 63.4 Å². The summed E-state index contributed by atoms with van der Waals surface area (Å²) in [5.74, 6) is 0. The van der Waals surface area contributed by atoms with Gasteiger partial charge in [0.05, 0.1) is 5.25 Å². The van der Waals surface area contributed by atoms with Gasteiger partial charge >= 0.3 is 0 Å². The molecule has 14 heavy (non-hydrogen) atoms. The van der Waals surface area contributed by atoms with Crippen LogP contribution in [0.15, 0.2) is 0 Å². The van der Waals surface area contributed by atoms with E-state index in [0.717, 1.165) is 6.42 Å². The van der Waals surface area contributed by atoms with E-state index in [2.05, 4.69) is 0 Å². The van der Waals surface area contributed by atoms with Crippen molar-refractivity contribution in [2.45, 2.75) is 44.9 Å². The highest BCUT2D eigenvalue weighted by molar-refractivity contribution is 7.89. The second-order valence-electron chi connectivity index (χ2n) is 4.22. The monoisotopic (exact) mass is 222 g/mol. The number of hydrogen-bond donors (Lipinski definition) is 1. The molecule has 0 bridgehead atoms. The average molecular weight is 222 g/mol. The third-order valence-electron chi connectivity index (χ3n) is 2.94. The zero-order valence-electron chi connectivity index (χ0n) is 9.74. The molecular weight excluding hydrogens is 200 g/mol. The van der Waals surface area contributed by atoms with Gasteiger partial charge in [0.2, 0.25) is 10.0 Å². The van der Waals surface area contributed by atoms with Crippen LogP contribution in [0.1, 0.15) is 34.1 Å². The molecule has 0 aromatic heterocycles. The van der Waals surface area contributed by atoms with Crippen LogP contribution in [0.4, 0.5) is 0 Å². The van der Waals surface area contributed by atoms with E-state index < -0.39 is 15.3 Å². The smallest absolute Gasteiger partial charge is 0.218 e. The molecule has 1 atom stereocenters. The van der Waals surface area contributed by atoms with Crippen molar-refractivity contribution >= 4 is 10.0 Å². The number of nitrogens with two attached hydrogens (primary N) is 1. The lowest BCUT2D eigenvalue weighted by atomic mass is 10.0. The zero-order chi connectivity index (χ0) is 11.6. The molecule has 86 valence electrons. The van der Waals surface area contributed by atoms with Crippen LogP contribution in [0.3, 0.4) is 0 Å². The Labute approximate surface area is 87.5 Å². The van der Waals surface area contributed by atoms with E-state index >= 15 is 0 Å². The molecule has 0 spiro atoms. The van der Waals surface area contributed by atoms with E-state index in [0.29, 0.717) is 0 Å². The van der Waals surface area contributed by atoms with Crippen molar-refractivity contribution in [2.75, 3.05) is 13.6 Å². The Balaban J connectivity index is 4.94. The highest BCUT2D eigenvalue weighted by Gasteiger charge is 2.34. The van der Waals surface area contributed by atoms with Crippen molar-refractivity contribution < 1.29 is 8.42 Å². The summed E-state index contributed by atoms with van der Waals surface area (Å²) in [6.07, 6.45) is 0.778. The first-order valence-electron chi connectivity index (χ1n) is 4.88. The number of hydrogen-bond acceptors (Lipinski definition) is 3. The van der Waals surface area contributed by atoms with Crippen LogP contribution in [-0.2, 0) is 10.0 Å². The lowest BCUT2D eigenvalue weighted by Crippen LogP contribution is -2.49. The second-order valence-corrected chi connectivity index (χ2v) is 6.61. The summed E-state index contributed by atoms with van der Waals surface area (Å²) in [5, 5.41) is -0.515. The SMILES string of the molecule is CCC(C)(C)N(C)S(=O)(=O)C(C)CN. The normalized spacial score (nSPS) is 15.9. The molecule has 4 nitrogen and oxygen atoms in total. The van der Waals surface area contributed by atoms with Crippen LogP contribution in [-0.4, -0.2) is 37.1 Å². The Morgan fingerprint density at radius 1 is 1.43 bits per heavy atom. The van der Waals surface area contributed by atoms with E-state index in [-0.39, 0.29) is 12.1 Å². The van der Waals surface area contributed by atoms with Crippen LogP contribution in [0, 0.1) is 0 Å². The largest absolute Gasteiger partial charge is 0.329 e. The fraction of sp³-hybridized carbons (Fsp3) is 1.00. The Morgan fingerprint density at radius 3 is 2.14 bits per heavy atom. The quantitative estimate of drug-likeness (QED) is 0.748. The Morgan fingerprint density at radius 2 is 1.86 bits per heavy atom. The van der Waals surface area contributed by atoms with Crippen LogP contribution in [0.5, 0.6) is 0 Å². The van der Waals surface area contributed by atoms with Crippen LogP contribution in [0.25, 0.3) is 0 Å². The van der Waals surface area contributed by atoms with Crippen LogP contribution >= 0.6 is 0 Å². The summed E-state index contributed by atoms with van der Waals surface area (Å²) in [7, 11) is -1.63. The van der Waals surface area contributed by atoms with Crippen molar-refractivity contribution in [2.24, 2.45) is 5.73 Å². The summed E-state index contributed by atoms with van der Waals surface area (Å²) in [4.78, 5) is 0. The minimum Gasteiger partial charge on any atom is -0.329 e. The predicted octanol–water partition coefficient (Wildman–Crippen LogP) is 0.784. The zero-order valence-corrected chi connectivity index (χ0v) is 10.6. The maximum absolute atomic E-state index is 11.9. The summed E-state index contributed by atoms with van der Waals surface area (Å²) in [6, 6.07) is 0. The molecule has 0 aromatic carbocycles. The summed E-state index contributed by atoms with van der Waals surface area (Å²) in [6.45, 7) is 7.59. The van der Waals surface area contributed by atoms with Gasteiger partial charge in [0.1, 0.15) is 0 Å². The first-order valence-corrected chi connectivity index (χ1v) is 6.38. The van der Waals surface area contributed by atoms with Crippen molar-refractivity contribution in [1.29, 1.82) is 0 Å². The summed E-state index contributed by atoms with van der Waals surface area (Å²) in [5.41, 5.74) is 5.03. The third kappa shape index (κ3) is 2.68. The van der Waals surface area contributed by atoms with Gasteiger partial charge in [-0.25, -0.2) is 8.42 Å². The molecule has 2 N–H and O–H groups in total. The molecule has 0 rings (SSSR count). The third-order valence-corrected chi connectivity index (χ3v) is 5.41. The molecule has 0 saturated carbocycles. The Kier molecular flexibility index (Phi) is 4.55. The summed E-state index contributed by atoms with van der Waals surface area (Å²) < 4.78 is 25.3. The molecule has 0 aliphatic rings. The molecule has 0 heterocycles. The first-order chi connectivity index (χ1) is 6.20. The van der Waals surface area contributed by atoms with E-state index in [9.17, 15) is 8.42 Å². The minimum atomic E-state index is -3.25. The van der Waals surface area contributed by atoms with E-state index in [1.165, 1.54) is 4.31 Å². The lowest BCUT2D eigenvalue weighted by Gasteiger charge is -2.35. The fourth-order valence-electron chi connectivity index (χ4n) is 0.959. The van der Waals surface area contributed by atoms with Gasteiger partial charge in [0, 0.05) is 19.1 Å². The summed E-state index contributed by atoms with van der Waals surface area (Å²) >= 11 is 0.